The van der Waals surface area contributed by atoms with Crippen LogP contribution in [-0.2, 0) is 0 Å². The van der Waals surface area contributed by atoms with Crippen LogP contribution in [-0.4, -0.2) is 12.3 Å². The summed E-state index contributed by atoms with van der Waals surface area (Å²) in [5.41, 5.74) is 0.476. The Kier molecular flexibility index (Phi) is 5.86. The molecule has 8 heteroatoms. The first-order valence-corrected chi connectivity index (χ1v) is 8.80. The lowest BCUT2D eigenvalue weighted by molar-refractivity contribution is -0.275. The lowest BCUT2D eigenvalue weighted by Crippen LogP contribution is -2.18. The van der Waals surface area contributed by atoms with Crippen molar-refractivity contribution in [3.8, 4) is 11.5 Å². The van der Waals surface area contributed by atoms with Gasteiger partial charge in [-0.25, -0.2) is 13.6 Å². The third-order valence-corrected chi connectivity index (χ3v) is 4.63. The summed E-state index contributed by atoms with van der Waals surface area (Å²) in [4.78, 5) is 12.2. The summed E-state index contributed by atoms with van der Waals surface area (Å²) in [7, 11) is 0. The van der Waals surface area contributed by atoms with Crippen molar-refractivity contribution in [2.75, 3.05) is 0 Å². The first-order valence-electron chi connectivity index (χ1n) is 8.80. The normalized spacial score (nSPS) is 15.3. The van der Waals surface area contributed by atoms with Crippen LogP contribution in [0.15, 0.2) is 36.4 Å². The molecule has 0 bridgehead atoms. The predicted octanol–water partition coefficient (Wildman–Crippen LogP) is 6.13. The molecule has 0 N–H and O–H groups in total. The maximum atomic E-state index is 14.4. The second-order valence-electron chi connectivity index (χ2n) is 6.60. The Morgan fingerprint density at radius 1 is 0.929 bits per heavy atom. The van der Waals surface area contributed by atoms with E-state index in [-0.39, 0.29) is 17.2 Å². The van der Waals surface area contributed by atoms with Crippen LogP contribution in [0.5, 0.6) is 11.5 Å². The smallest absolute Gasteiger partial charge is 0.423 e. The standard InChI is InChI=1S/C20H17F5O3/c21-16-10-13(12-4-2-1-3-5-12)6-8-15(16)19(26)27-14-7-9-18(17(22)11-14)28-20(23,24)25/h6-12H,1-5H2. The Morgan fingerprint density at radius 3 is 2.25 bits per heavy atom. The molecule has 3 nitrogen and oxygen atoms in total. The number of carbonyl (C=O) groups is 1. The largest absolute Gasteiger partial charge is 0.573 e. The minimum atomic E-state index is -5.05. The van der Waals surface area contributed by atoms with E-state index in [0.29, 0.717) is 12.1 Å². The highest BCUT2D eigenvalue weighted by molar-refractivity contribution is 5.91. The lowest BCUT2D eigenvalue weighted by atomic mass is 9.84. The van der Waals surface area contributed by atoms with E-state index in [0.717, 1.165) is 43.7 Å². The average Bonchev–Trinajstić information content (AvgIpc) is 2.63. The van der Waals surface area contributed by atoms with Crippen molar-refractivity contribution in [1.29, 1.82) is 0 Å². The number of alkyl halides is 3. The predicted molar refractivity (Wildman–Crippen MR) is 90.3 cm³/mol. The Morgan fingerprint density at radius 2 is 1.64 bits per heavy atom. The molecule has 2 aromatic rings. The molecule has 2 aromatic carbocycles. The van der Waals surface area contributed by atoms with Gasteiger partial charge in [0.25, 0.3) is 0 Å². The number of hydrogen-bond acceptors (Lipinski definition) is 3. The number of ether oxygens (including phenoxy) is 2. The van der Waals surface area contributed by atoms with Crippen molar-refractivity contribution >= 4 is 5.97 Å². The molecule has 1 fully saturated rings. The molecular formula is C20H17F5O3. The fourth-order valence-electron chi connectivity index (χ4n) is 3.30. The van der Waals surface area contributed by atoms with Crippen LogP contribution in [0.3, 0.4) is 0 Å². The van der Waals surface area contributed by atoms with Gasteiger partial charge in [0, 0.05) is 6.07 Å². The third kappa shape index (κ3) is 4.99. The molecule has 1 aliphatic carbocycles. The Balaban J connectivity index is 1.71. The third-order valence-electron chi connectivity index (χ3n) is 4.63. The molecule has 0 aliphatic heterocycles. The fourth-order valence-corrected chi connectivity index (χ4v) is 3.30. The molecule has 0 heterocycles. The summed E-state index contributed by atoms with van der Waals surface area (Å²) < 4.78 is 72.9. The van der Waals surface area contributed by atoms with Gasteiger partial charge in [-0.3, -0.25) is 0 Å². The van der Waals surface area contributed by atoms with E-state index in [1.54, 1.807) is 6.07 Å². The van der Waals surface area contributed by atoms with Crippen molar-refractivity contribution in [2.24, 2.45) is 0 Å². The molecule has 150 valence electrons. The van der Waals surface area contributed by atoms with E-state index in [1.165, 1.54) is 12.1 Å². The average molecular weight is 400 g/mol. The molecular weight excluding hydrogens is 383 g/mol. The topological polar surface area (TPSA) is 35.5 Å². The quantitative estimate of drug-likeness (QED) is 0.352. The molecule has 0 radical (unpaired) electrons. The van der Waals surface area contributed by atoms with Gasteiger partial charge in [0.05, 0.1) is 5.56 Å². The fraction of sp³-hybridized carbons (Fsp3) is 0.350. The van der Waals surface area contributed by atoms with Crippen molar-refractivity contribution in [2.45, 2.75) is 44.4 Å². The highest BCUT2D eigenvalue weighted by Gasteiger charge is 2.32. The monoisotopic (exact) mass is 400 g/mol. The lowest BCUT2D eigenvalue weighted by Gasteiger charge is -2.22. The SMILES string of the molecule is O=C(Oc1ccc(OC(F)(F)F)c(F)c1)c1ccc(C2CCCCC2)cc1F. The molecule has 0 atom stereocenters. The summed E-state index contributed by atoms with van der Waals surface area (Å²) in [6.45, 7) is 0. The van der Waals surface area contributed by atoms with E-state index >= 15 is 0 Å². The molecule has 0 spiro atoms. The number of carbonyl (C=O) groups excluding carboxylic acids is 1. The van der Waals surface area contributed by atoms with E-state index < -0.39 is 29.7 Å². The summed E-state index contributed by atoms with van der Waals surface area (Å²) in [5, 5.41) is 0. The molecule has 1 saturated carbocycles. The van der Waals surface area contributed by atoms with Gasteiger partial charge >= 0.3 is 12.3 Å². The van der Waals surface area contributed by atoms with Crippen LogP contribution in [0.25, 0.3) is 0 Å². The van der Waals surface area contributed by atoms with Crippen molar-refractivity contribution < 1.29 is 36.2 Å². The zero-order valence-corrected chi connectivity index (χ0v) is 14.7. The summed E-state index contributed by atoms with van der Waals surface area (Å²) in [5.74, 6) is -4.37. The molecule has 1 aliphatic rings. The van der Waals surface area contributed by atoms with Gasteiger partial charge in [0.1, 0.15) is 11.6 Å². The zero-order chi connectivity index (χ0) is 20.3. The van der Waals surface area contributed by atoms with Crippen LogP contribution in [0.2, 0.25) is 0 Å². The van der Waals surface area contributed by atoms with Gasteiger partial charge in [-0.2, -0.15) is 0 Å². The van der Waals surface area contributed by atoms with Crippen molar-refractivity contribution in [1.82, 2.24) is 0 Å². The first-order chi connectivity index (χ1) is 13.2. The minimum absolute atomic E-state index is 0.253. The molecule has 0 amide bonds. The van der Waals surface area contributed by atoms with E-state index in [2.05, 4.69) is 4.74 Å². The van der Waals surface area contributed by atoms with E-state index in [9.17, 15) is 26.7 Å². The number of hydrogen-bond donors (Lipinski definition) is 0. The Bertz CT molecular complexity index is 857. The van der Waals surface area contributed by atoms with Gasteiger partial charge in [-0.05, 0) is 48.6 Å². The maximum absolute atomic E-state index is 14.4. The number of esters is 1. The van der Waals surface area contributed by atoms with Crippen LogP contribution >= 0.6 is 0 Å². The van der Waals surface area contributed by atoms with Gasteiger partial charge in [0.2, 0.25) is 0 Å². The minimum Gasteiger partial charge on any atom is -0.423 e. The molecule has 0 saturated heterocycles. The Labute approximate surface area is 158 Å². The second-order valence-corrected chi connectivity index (χ2v) is 6.60. The Hall–Kier alpha value is -2.64. The van der Waals surface area contributed by atoms with Crippen LogP contribution < -0.4 is 9.47 Å². The van der Waals surface area contributed by atoms with Crippen LogP contribution in [0.1, 0.15) is 53.9 Å². The highest BCUT2D eigenvalue weighted by Crippen LogP contribution is 2.33. The molecule has 28 heavy (non-hydrogen) atoms. The highest BCUT2D eigenvalue weighted by atomic mass is 19.4. The van der Waals surface area contributed by atoms with Gasteiger partial charge in [0.15, 0.2) is 11.6 Å². The van der Waals surface area contributed by atoms with Gasteiger partial charge in [-0.15, -0.1) is 13.2 Å². The number of rotatable bonds is 4. The first kappa shape index (κ1) is 20.1. The van der Waals surface area contributed by atoms with Gasteiger partial charge in [-0.1, -0.05) is 25.3 Å². The van der Waals surface area contributed by atoms with Gasteiger partial charge < -0.3 is 9.47 Å². The molecule has 0 unspecified atom stereocenters. The molecule has 3 rings (SSSR count). The molecule has 0 aromatic heterocycles. The van der Waals surface area contributed by atoms with E-state index in [4.69, 9.17) is 4.74 Å². The van der Waals surface area contributed by atoms with Crippen molar-refractivity contribution in [3.05, 3.63) is 59.2 Å². The zero-order valence-electron chi connectivity index (χ0n) is 14.7. The van der Waals surface area contributed by atoms with Crippen molar-refractivity contribution in [3.63, 3.8) is 0 Å². The summed E-state index contributed by atoms with van der Waals surface area (Å²) in [6, 6.07) is 6.43. The second kappa shape index (κ2) is 8.16. The maximum Gasteiger partial charge on any atom is 0.573 e. The van der Waals surface area contributed by atoms with E-state index in [1.807, 2.05) is 0 Å². The number of benzene rings is 2. The number of halogens is 5. The van der Waals surface area contributed by atoms with Crippen LogP contribution in [0.4, 0.5) is 22.0 Å². The summed E-state index contributed by atoms with van der Waals surface area (Å²) in [6.07, 6.45) is 0.198. The summed E-state index contributed by atoms with van der Waals surface area (Å²) >= 11 is 0. The van der Waals surface area contributed by atoms with Crippen LogP contribution in [0, 0.1) is 11.6 Å².